The van der Waals surface area contributed by atoms with Crippen LogP contribution >= 0.6 is 0 Å². The van der Waals surface area contributed by atoms with Crippen molar-refractivity contribution in [3.05, 3.63) is 88.6 Å². The molecule has 0 N–H and O–H groups in total. The maximum Gasteiger partial charge on any atom is 0.200 e. The molecule has 0 fully saturated rings. The summed E-state index contributed by atoms with van der Waals surface area (Å²) in [6, 6.07) is 8.33. The lowest BCUT2D eigenvalue weighted by Gasteiger charge is -2.20. The Morgan fingerprint density at radius 1 is 0.922 bits per heavy atom. The highest BCUT2D eigenvalue weighted by Gasteiger charge is 2.21. The Morgan fingerprint density at radius 3 is 1.86 bits per heavy atom. The van der Waals surface area contributed by atoms with Crippen molar-refractivity contribution in [2.75, 3.05) is 0 Å². The number of halogens is 1. The van der Waals surface area contributed by atoms with Gasteiger partial charge in [-0.25, -0.2) is 4.39 Å². The Balaban J connectivity index is 0. The van der Waals surface area contributed by atoms with E-state index in [0.29, 0.717) is 16.7 Å². The van der Waals surface area contributed by atoms with Gasteiger partial charge < -0.3 is 4.42 Å². The number of benzene rings is 1. The van der Waals surface area contributed by atoms with Crippen LogP contribution < -0.4 is 10.6 Å². The molecule has 0 spiro atoms. The lowest BCUT2D eigenvalue weighted by Crippen LogP contribution is -2.27. The molecule has 0 amide bonds. The number of carbonyl (C=O) groups is 2. The maximum absolute atomic E-state index is 13.3. The Morgan fingerprint density at radius 2 is 1.49 bits per heavy atom. The number of aldehydes is 1. The molecule has 51 heavy (non-hydrogen) atoms. The van der Waals surface area contributed by atoms with Gasteiger partial charge in [-0.3, -0.25) is 14.6 Å². The first kappa shape index (κ1) is 49.5. The number of hydrogen-bond acceptors (Lipinski definition) is 4. The summed E-state index contributed by atoms with van der Waals surface area (Å²) in [6.07, 6.45) is 16.1. The molecule has 2 aromatic rings. The summed E-state index contributed by atoms with van der Waals surface area (Å²) in [4.78, 5) is 26.9. The van der Waals surface area contributed by atoms with Crippen LogP contribution in [0, 0.1) is 22.6 Å². The summed E-state index contributed by atoms with van der Waals surface area (Å²) in [5.41, 5.74) is 5.62. The molecule has 5 heteroatoms. The minimum Gasteiger partial charge on any atom is -0.453 e. The van der Waals surface area contributed by atoms with Crippen molar-refractivity contribution in [3.8, 4) is 0 Å². The van der Waals surface area contributed by atoms with Crippen LogP contribution in [0.25, 0.3) is 17.2 Å². The largest absolute Gasteiger partial charge is 0.453 e. The predicted molar refractivity (Wildman–Crippen MR) is 222 cm³/mol. The number of rotatable bonds is 12. The summed E-state index contributed by atoms with van der Waals surface area (Å²) in [7, 11) is 0. The molecule has 0 unspecified atom stereocenters. The molecular formula is C46H72FNO3. The van der Waals surface area contributed by atoms with Crippen LogP contribution in [0.4, 0.5) is 4.39 Å². The summed E-state index contributed by atoms with van der Waals surface area (Å²) >= 11 is 0. The fourth-order valence-electron chi connectivity index (χ4n) is 4.52. The van der Waals surface area contributed by atoms with Gasteiger partial charge in [0.1, 0.15) is 11.2 Å². The molecule has 0 bridgehead atoms. The van der Waals surface area contributed by atoms with Crippen molar-refractivity contribution in [1.82, 2.24) is 0 Å². The van der Waals surface area contributed by atoms with E-state index in [-0.39, 0.29) is 22.9 Å². The van der Waals surface area contributed by atoms with Crippen LogP contribution in [-0.4, -0.2) is 17.8 Å². The van der Waals surface area contributed by atoms with Crippen LogP contribution in [0.1, 0.15) is 165 Å². The number of hydrogen-bond donors (Lipinski definition) is 0. The van der Waals surface area contributed by atoms with Crippen LogP contribution in [0.3, 0.4) is 0 Å². The Kier molecular flexibility index (Phi) is 25.5. The first-order chi connectivity index (χ1) is 23.8. The Labute approximate surface area is 311 Å². The number of ketones is 1. The zero-order valence-corrected chi connectivity index (χ0v) is 35.1. The third-order valence-electron chi connectivity index (χ3n) is 7.58. The van der Waals surface area contributed by atoms with Gasteiger partial charge in [0.05, 0.1) is 0 Å². The van der Waals surface area contributed by atoms with E-state index in [9.17, 15) is 14.0 Å². The Bertz CT molecular complexity index is 1510. The highest BCUT2D eigenvalue weighted by molar-refractivity contribution is 5.95. The number of Topliss-reactive ketones (excluding diaryl/α,β-unsaturated/α-hetero) is 1. The van der Waals surface area contributed by atoms with Crippen molar-refractivity contribution in [2.24, 2.45) is 21.7 Å². The van der Waals surface area contributed by atoms with Gasteiger partial charge in [-0.1, -0.05) is 153 Å². The van der Waals surface area contributed by atoms with E-state index in [0.717, 1.165) is 58.6 Å². The second kappa shape index (κ2) is 26.2. The average molecular weight is 706 g/mol. The average Bonchev–Trinajstić information content (AvgIpc) is 3.46. The van der Waals surface area contributed by atoms with E-state index < -0.39 is 0 Å². The van der Waals surface area contributed by atoms with Crippen LogP contribution in [0.5, 0.6) is 0 Å². The van der Waals surface area contributed by atoms with E-state index >= 15 is 0 Å². The van der Waals surface area contributed by atoms with Gasteiger partial charge in [0.2, 0.25) is 5.78 Å². The van der Waals surface area contributed by atoms with Gasteiger partial charge in [0, 0.05) is 34.2 Å². The maximum atomic E-state index is 13.3. The minimum absolute atomic E-state index is 0.00417. The second-order valence-corrected chi connectivity index (χ2v) is 15.4. The number of allylic oxidation sites excluding steroid dienone is 4. The van der Waals surface area contributed by atoms with Crippen molar-refractivity contribution >= 4 is 35.0 Å². The predicted octanol–water partition coefficient (Wildman–Crippen LogP) is 12.9. The molecule has 1 heterocycles. The third kappa shape index (κ3) is 22.1. The fourth-order valence-corrected chi connectivity index (χ4v) is 4.52. The van der Waals surface area contributed by atoms with Crippen molar-refractivity contribution in [3.63, 3.8) is 0 Å². The van der Waals surface area contributed by atoms with Crippen LogP contribution in [0.15, 0.2) is 70.2 Å². The zero-order valence-electron chi connectivity index (χ0n) is 35.1. The van der Waals surface area contributed by atoms with Gasteiger partial charge in [0.15, 0.2) is 12.0 Å². The third-order valence-corrected chi connectivity index (χ3v) is 7.58. The molecule has 2 rings (SSSR count). The molecule has 0 aliphatic rings. The molecule has 0 aliphatic carbocycles. The molecular weight excluding hydrogens is 634 g/mol. The first-order valence-electron chi connectivity index (χ1n) is 18.9. The van der Waals surface area contributed by atoms with Gasteiger partial charge >= 0.3 is 0 Å². The van der Waals surface area contributed by atoms with Gasteiger partial charge in [-0.2, -0.15) is 0 Å². The molecule has 0 saturated heterocycles. The van der Waals surface area contributed by atoms with Crippen LogP contribution in [0.2, 0.25) is 0 Å². The topological polar surface area (TPSA) is 59.6 Å². The number of aliphatic imine (C=N–C) groups is 1. The number of nitrogens with zero attached hydrogens (tertiary/aromatic N) is 1. The SMILES string of the molecule is C=C/C(C=O)=C\N=C(C)CCC.CCCC.CCCC(C)(C)C.CC\C=c1/cc(C(=O)C(C)C)o/c1=C(/C=C(\C)c1ccc(F)cc1)C(C)(C)C. The van der Waals surface area contributed by atoms with E-state index in [1.54, 1.807) is 18.3 Å². The lowest BCUT2D eigenvalue weighted by molar-refractivity contribution is -0.104. The highest BCUT2D eigenvalue weighted by atomic mass is 19.1. The molecule has 0 saturated carbocycles. The quantitative estimate of drug-likeness (QED) is 0.0726. The summed E-state index contributed by atoms with van der Waals surface area (Å²) in [5.74, 6) is 0.0334. The minimum atomic E-state index is -0.251. The van der Waals surface area contributed by atoms with Crippen molar-refractivity contribution in [2.45, 2.75) is 149 Å². The fraction of sp³-hybridized carbons (Fsp3) is 0.543. The van der Waals surface area contributed by atoms with Gasteiger partial charge in [0.25, 0.3) is 0 Å². The van der Waals surface area contributed by atoms with Crippen molar-refractivity contribution in [1.29, 1.82) is 0 Å². The molecule has 0 atom stereocenters. The normalized spacial score (nSPS) is 13.3. The molecule has 0 radical (unpaired) electrons. The molecule has 4 nitrogen and oxygen atoms in total. The molecule has 1 aromatic carbocycles. The molecule has 286 valence electrons. The van der Waals surface area contributed by atoms with Gasteiger partial charge in [-0.05, 0) is 73.3 Å². The van der Waals surface area contributed by atoms with E-state index in [1.807, 2.05) is 33.8 Å². The number of furan rings is 1. The summed E-state index contributed by atoms with van der Waals surface area (Å²) in [6.45, 7) is 35.1. The Hall–Kier alpha value is -3.60. The molecule has 1 aromatic heterocycles. The zero-order chi connectivity index (χ0) is 39.8. The second-order valence-electron chi connectivity index (χ2n) is 15.4. The van der Waals surface area contributed by atoms with E-state index in [1.165, 1.54) is 43.9 Å². The first-order valence-corrected chi connectivity index (χ1v) is 18.9. The highest BCUT2D eigenvalue weighted by Crippen LogP contribution is 2.29. The van der Waals surface area contributed by atoms with Crippen LogP contribution in [-0.2, 0) is 4.79 Å². The standard InChI is InChI=1S/C25H31FO2.C10H15NO.C7H16.C4H10/c1-8-9-19-15-22(23(27)16(2)3)28-24(19)21(25(5,6)7)14-17(4)18-10-12-20(26)13-11-18;1-4-6-9(3)11-7-10(5-2)8-12;1-5-6-7(2,3)4;1-3-4-2/h9-16H,8H2,1-7H3;5,7-8H,2,4,6H2,1,3H3;5-6H2,1-4H3;3-4H2,1-2H3/b17-14+,19-9+,24-21-;10-7+,11-9?;;. The smallest absolute Gasteiger partial charge is 0.200 e. The lowest BCUT2D eigenvalue weighted by atomic mass is 9.84. The monoisotopic (exact) mass is 706 g/mol. The van der Waals surface area contributed by atoms with E-state index in [2.05, 4.69) is 99.9 Å². The summed E-state index contributed by atoms with van der Waals surface area (Å²) < 4.78 is 19.4. The number of unbranched alkanes of at least 4 members (excludes halogenated alkanes) is 1. The molecule has 0 aliphatic heterocycles. The number of carbonyl (C=O) groups excluding carboxylic acids is 2. The van der Waals surface area contributed by atoms with Gasteiger partial charge in [-0.15, -0.1) is 0 Å². The van der Waals surface area contributed by atoms with E-state index in [4.69, 9.17) is 4.42 Å². The summed E-state index contributed by atoms with van der Waals surface area (Å²) in [5, 5.41) is 0.944. The van der Waals surface area contributed by atoms with Crippen molar-refractivity contribution < 1.29 is 18.4 Å².